The van der Waals surface area contributed by atoms with Crippen molar-refractivity contribution in [3.8, 4) is 0 Å². The third-order valence-corrected chi connectivity index (χ3v) is 5.28. The van der Waals surface area contributed by atoms with Gasteiger partial charge in [0.15, 0.2) is 0 Å². The highest BCUT2D eigenvalue weighted by atomic mass is 19.4. The molecule has 0 N–H and O–H groups in total. The first kappa shape index (κ1) is 35.3. The van der Waals surface area contributed by atoms with Gasteiger partial charge < -0.3 is 4.74 Å². The highest BCUT2D eigenvalue weighted by molar-refractivity contribution is 5.90. The molecule has 230 valence electrons. The number of halogens is 17. The fraction of sp³-hybridized carbons (Fsp3) is 0.571. The van der Waals surface area contributed by atoms with Crippen molar-refractivity contribution in [1.82, 2.24) is 0 Å². The predicted octanol–water partition coefficient (Wildman–Crippen LogP) is 8.45. The molecule has 1 aromatic rings. The van der Waals surface area contributed by atoms with Crippen LogP contribution in [0.4, 0.5) is 74.6 Å². The highest BCUT2D eigenvalue weighted by Crippen LogP contribution is 2.64. The Morgan fingerprint density at radius 1 is 0.700 bits per heavy atom. The average molecular weight is 622 g/mol. The molecule has 0 spiro atoms. The second kappa shape index (κ2) is 10.6. The molecule has 0 aliphatic heterocycles. The number of aryl methyl sites for hydroxylation is 1. The Bertz CT molecular complexity index is 1090. The summed E-state index contributed by atoms with van der Waals surface area (Å²) in [7, 11) is 0. The number of alkyl halides is 17. The molecule has 0 heterocycles. The average Bonchev–Trinajstić information content (AvgIpc) is 2.81. The molecule has 0 saturated heterocycles. The van der Waals surface area contributed by atoms with Gasteiger partial charge in [0.1, 0.15) is 0 Å². The van der Waals surface area contributed by atoms with Gasteiger partial charge in [-0.3, -0.25) is 0 Å². The fourth-order valence-electron chi connectivity index (χ4n) is 2.97. The molecule has 19 heteroatoms. The van der Waals surface area contributed by atoms with Gasteiger partial charge in [-0.2, -0.15) is 74.6 Å². The maximum absolute atomic E-state index is 14.1. The maximum Gasteiger partial charge on any atom is 0.460 e. The molecule has 0 aliphatic rings. The van der Waals surface area contributed by atoms with E-state index >= 15 is 0 Å². The highest BCUT2D eigenvalue weighted by Gasteiger charge is 2.95. The molecular weight excluding hydrogens is 607 g/mol. The first-order chi connectivity index (χ1) is 17.6. The lowest BCUT2D eigenvalue weighted by Gasteiger charge is -2.42. The number of ether oxygens (including phenoxy) is 1. The van der Waals surface area contributed by atoms with E-state index in [2.05, 4.69) is 11.3 Å². The molecule has 2 nitrogen and oxygen atoms in total. The van der Waals surface area contributed by atoms with Crippen LogP contribution >= 0.6 is 0 Å². The van der Waals surface area contributed by atoms with Crippen LogP contribution in [0.15, 0.2) is 24.8 Å². The van der Waals surface area contributed by atoms with E-state index in [1.165, 1.54) is 6.92 Å². The predicted molar refractivity (Wildman–Crippen MR) is 101 cm³/mol. The zero-order valence-electron chi connectivity index (χ0n) is 19.4. The lowest BCUT2D eigenvalue weighted by molar-refractivity contribution is -0.461. The summed E-state index contributed by atoms with van der Waals surface area (Å²) < 4.78 is 232. The number of rotatable bonds is 12. The fourth-order valence-corrected chi connectivity index (χ4v) is 2.97. The zero-order chi connectivity index (χ0) is 32.0. The molecule has 0 fully saturated rings. The molecular formula is C21H15F17O2. The van der Waals surface area contributed by atoms with Crippen molar-refractivity contribution in [3.63, 3.8) is 0 Å². The normalized spacial score (nSPS) is 14.8. The monoisotopic (exact) mass is 622 g/mol. The van der Waals surface area contributed by atoms with E-state index in [0.717, 1.165) is 18.2 Å². The van der Waals surface area contributed by atoms with Crippen LogP contribution in [0.2, 0.25) is 0 Å². The van der Waals surface area contributed by atoms with E-state index < -0.39 is 77.6 Å². The summed E-state index contributed by atoms with van der Waals surface area (Å²) in [4.78, 5) is 11.8. The van der Waals surface area contributed by atoms with Crippen LogP contribution in [0.3, 0.4) is 0 Å². The SMILES string of the molecule is C=Cc1cc(CCC(F)(F)C(F)(F)C(F)(F)C(F)(F)C(F)(F)C(F)(F)C(F)(F)C(F)(F)F)cc(C(=O)OCC)c1. The second-order valence-electron chi connectivity index (χ2n) is 8.04. The van der Waals surface area contributed by atoms with Gasteiger partial charge in [-0.25, -0.2) is 4.79 Å². The minimum atomic E-state index is -8.67. The first-order valence-electron chi connectivity index (χ1n) is 10.3. The first-order valence-corrected chi connectivity index (χ1v) is 10.3. The Labute approximate surface area is 212 Å². The summed E-state index contributed by atoms with van der Waals surface area (Å²) in [6.45, 7) is 4.35. The van der Waals surface area contributed by atoms with Crippen LogP contribution in [0, 0.1) is 0 Å². The quantitative estimate of drug-likeness (QED) is 0.173. The zero-order valence-corrected chi connectivity index (χ0v) is 19.4. The van der Waals surface area contributed by atoms with Gasteiger partial charge in [-0.05, 0) is 36.6 Å². The van der Waals surface area contributed by atoms with Gasteiger partial charge >= 0.3 is 53.6 Å². The summed E-state index contributed by atoms with van der Waals surface area (Å²) in [6, 6.07) is 2.54. The summed E-state index contributed by atoms with van der Waals surface area (Å²) in [5, 5.41) is 0. The minimum Gasteiger partial charge on any atom is -0.462 e. The minimum absolute atomic E-state index is 0.0834. The van der Waals surface area contributed by atoms with Crippen molar-refractivity contribution < 1.29 is 84.2 Å². The molecule has 0 bridgehead atoms. The third kappa shape index (κ3) is 5.43. The molecule has 1 aromatic carbocycles. The van der Waals surface area contributed by atoms with E-state index in [1.807, 2.05) is 0 Å². The van der Waals surface area contributed by atoms with E-state index in [-0.39, 0.29) is 12.2 Å². The largest absolute Gasteiger partial charge is 0.462 e. The summed E-state index contributed by atoms with van der Waals surface area (Å²) in [6.07, 6.45) is -11.0. The van der Waals surface area contributed by atoms with Crippen LogP contribution in [0.25, 0.3) is 6.08 Å². The van der Waals surface area contributed by atoms with Crippen molar-refractivity contribution >= 4 is 12.0 Å². The van der Waals surface area contributed by atoms with Crippen LogP contribution in [-0.2, 0) is 11.2 Å². The summed E-state index contributed by atoms with van der Waals surface area (Å²) in [5.41, 5.74) is -1.10. The van der Waals surface area contributed by atoms with Gasteiger partial charge in [-0.15, -0.1) is 0 Å². The van der Waals surface area contributed by atoms with E-state index in [0.29, 0.717) is 6.07 Å². The smallest absolute Gasteiger partial charge is 0.460 e. The van der Waals surface area contributed by atoms with Gasteiger partial charge in [0.25, 0.3) is 0 Å². The molecule has 1 rings (SSSR count). The number of benzene rings is 1. The van der Waals surface area contributed by atoms with Gasteiger partial charge in [0.2, 0.25) is 0 Å². The Morgan fingerprint density at radius 3 is 1.52 bits per heavy atom. The Balaban J connectivity index is 3.50. The van der Waals surface area contributed by atoms with Crippen LogP contribution in [0.5, 0.6) is 0 Å². The standard InChI is InChI=1S/C21H15F17O2/c1-3-10-7-11(9-12(8-10)13(39)40-4-2)5-6-14(22,23)15(24,25)16(26,27)17(28,29)18(30,31)19(32,33)20(34,35)21(36,37)38/h3,7-9H,1,4-6H2,2H3. The molecule has 0 amide bonds. The van der Waals surface area contributed by atoms with Crippen molar-refractivity contribution in [2.75, 3.05) is 6.61 Å². The van der Waals surface area contributed by atoms with Crippen LogP contribution in [-0.4, -0.2) is 60.2 Å². The lowest BCUT2D eigenvalue weighted by atomic mass is 9.87. The Hall–Kier alpha value is -2.76. The molecule has 0 saturated carbocycles. The summed E-state index contributed by atoms with van der Waals surface area (Å²) in [5.74, 6) is -57.8. The number of carbonyl (C=O) groups is 1. The molecule has 0 aromatic heterocycles. The molecule has 0 atom stereocenters. The number of hydrogen-bond donors (Lipinski definition) is 0. The maximum atomic E-state index is 14.1. The number of hydrogen-bond acceptors (Lipinski definition) is 2. The van der Waals surface area contributed by atoms with E-state index in [1.54, 1.807) is 0 Å². The number of carbonyl (C=O) groups excluding carboxylic acids is 1. The van der Waals surface area contributed by atoms with Gasteiger partial charge in [0, 0.05) is 6.42 Å². The van der Waals surface area contributed by atoms with Crippen molar-refractivity contribution in [1.29, 1.82) is 0 Å². The molecule has 0 unspecified atom stereocenters. The van der Waals surface area contributed by atoms with Crippen LogP contribution in [0.1, 0.15) is 34.8 Å². The van der Waals surface area contributed by atoms with E-state index in [9.17, 15) is 79.4 Å². The topological polar surface area (TPSA) is 26.3 Å². The number of esters is 1. The van der Waals surface area contributed by atoms with Gasteiger partial charge in [0.05, 0.1) is 12.2 Å². The Kier molecular flexibility index (Phi) is 9.32. The Morgan fingerprint density at radius 2 is 1.12 bits per heavy atom. The second-order valence-corrected chi connectivity index (χ2v) is 8.04. The molecule has 0 aliphatic carbocycles. The summed E-state index contributed by atoms with van der Waals surface area (Å²) >= 11 is 0. The van der Waals surface area contributed by atoms with Gasteiger partial charge in [-0.1, -0.05) is 18.7 Å². The van der Waals surface area contributed by atoms with Crippen molar-refractivity contribution in [2.45, 2.75) is 67.4 Å². The third-order valence-electron chi connectivity index (χ3n) is 5.28. The van der Waals surface area contributed by atoms with Crippen LogP contribution < -0.4 is 0 Å². The molecule has 40 heavy (non-hydrogen) atoms. The van der Waals surface area contributed by atoms with Crippen molar-refractivity contribution in [2.24, 2.45) is 0 Å². The van der Waals surface area contributed by atoms with E-state index in [4.69, 9.17) is 0 Å². The molecule has 0 radical (unpaired) electrons. The lowest BCUT2D eigenvalue weighted by Crippen LogP contribution is -2.74. The van der Waals surface area contributed by atoms with Crippen molar-refractivity contribution in [3.05, 3.63) is 41.5 Å².